The SMILES string of the molecule is CCOC(C(=O)Cc1ccc(CC)s1)C(C)(C)C. The highest BCUT2D eigenvalue weighted by molar-refractivity contribution is 7.12. The van der Waals surface area contributed by atoms with Crippen molar-refractivity contribution in [1.82, 2.24) is 0 Å². The molecule has 3 heteroatoms. The fourth-order valence-electron chi connectivity index (χ4n) is 1.96. The molecule has 1 heterocycles. The summed E-state index contributed by atoms with van der Waals surface area (Å²) in [4.78, 5) is 14.8. The van der Waals surface area contributed by atoms with Gasteiger partial charge in [0, 0.05) is 22.8 Å². The lowest BCUT2D eigenvalue weighted by Gasteiger charge is -2.29. The molecule has 0 spiro atoms. The Morgan fingerprint density at radius 2 is 1.89 bits per heavy atom. The van der Waals surface area contributed by atoms with Crippen LogP contribution in [0.4, 0.5) is 0 Å². The standard InChI is InChI=1S/C15H24O2S/c1-6-11-8-9-12(18-11)10-13(16)14(17-7-2)15(3,4)5/h8-9,14H,6-7,10H2,1-5H3. The average Bonchev–Trinajstić information content (AvgIpc) is 2.71. The van der Waals surface area contributed by atoms with E-state index in [9.17, 15) is 4.79 Å². The molecular weight excluding hydrogens is 244 g/mol. The fourth-order valence-corrected chi connectivity index (χ4v) is 2.93. The summed E-state index contributed by atoms with van der Waals surface area (Å²) in [6, 6.07) is 4.17. The Morgan fingerprint density at radius 3 is 2.33 bits per heavy atom. The second-order valence-electron chi connectivity index (χ2n) is 5.57. The maximum absolute atomic E-state index is 12.3. The molecule has 0 radical (unpaired) electrons. The molecule has 0 aromatic carbocycles. The van der Waals surface area contributed by atoms with E-state index in [4.69, 9.17) is 4.74 Å². The molecular formula is C15H24O2S. The third kappa shape index (κ3) is 4.21. The molecule has 0 N–H and O–H groups in total. The van der Waals surface area contributed by atoms with Crippen LogP contribution in [0.3, 0.4) is 0 Å². The summed E-state index contributed by atoms with van der Waals surface area (Å²) in [5.74, 6) is 0.189. The highest BCUT2D eigenvalue weighted by atomic mass is 32.1. The predicted octanol–water partition coefficient (Wildman–Crippen LogP) is 3.87. The average molecular weight is 268 g/mol. The number of thiophene rings is 1. The topological polar surface area (TPSA) is 26.3 Å². The normalized spacial score (nSPS) is 13.6. The molecule has 1 aromatic rings. The van der Waals surface area contributed by atoms with Gasteiger partial charge in [-0.25, -0.2) is 0 Å². The van der Waals surface area contributed by atoms with Crippen molar-refractivity contribution in [2.45, 2.75) is 53.6 Å². The zero-order valence-corrected chi connectivity index (χ0v) is 12.9. The summed E-state index contributed by atoms with van der Waals surface area (Å²) >= 11 is 1.73. The molecule has 18 heavy (non-hydrogen) atoms. The predicted molar refractivity (Wildman–Crippen MR) is 77.3 cm³/mol. The molecule has 0 fully saturated rings. The van der Waals surface area contributed by atoms with E-state index in [1.54, 1.807) is 11.3 Å². The molecule has 1 rings (SSSR count). The second kappa shape index (κ2) is 6.48. The highest BCUT2D eigenvalue weighted by Gasteiger charge is 2.31. The molecule has 0 saturated heterocycles. The maximum atomic E-state index is 12.3. The highest BCUT2D eigenvalue weighted by Crippen LogP contribution is 2.26. The summed E-state index contributed by atoms with van der Waals surface area (Å²) < 4.78 is 5.63. The van der Waals surface area contributed by atoms with Crippen LogP contribution < -0.4 is 0 Å². The molecule has 0 aliphatic rings. The van der Waals surface area contributed by atoms with Crippen molar-refractivity contribution in [2.24, 2.45) is 5.41 Å². The zero-order valence-electron chi connectivity index (χ0n) is 12.1. The van der Waals surface area contributed by atoms with Gasteiger partial charge >= 0.3 is 0 Å². The Bertz CT molecular complexity index is 387. The van der Waals surface area contributed by atoms with E-state index < -0.39 is 0 Å². The van der Waals surface area contributed by atoms with E-state index in [0.29, 0.717) is 13.0 Å². The van der Waals surface area contributed by atoms with Gasteiger partial charge in [0.1, 0.15) is 6.10 Å². The summed E-state index contributed by atoms with van der Waals surface area (Å²) in [7, 11) is 0. The van der Waals surface area contributed by atoms with Gasteiger partial charge in [-0.2, -0.15) is 0 Å². The number of carbonyl (C=O) groups excluding carboxylic acids is 1. The largest absolute Gasteiger partial charge is 0.370 e. The summed E-state index contributed by atoms with van der Waals surface area (Å²) in [5, 5.41) is 0. The van der Waals surface area contributed by atoms with Gasteiger partial charge in [-0.05, 0) is 30.9 Å². The van der Waals surface area contributed by atoms with Gasteiger partial charge in [-0.15, -0.1) is 11.3 Å². The van der Waals surface area contributed by atoms with Crippen LogP contribution in [0.15, 0.2) is 12.1 Å². The van der Waals surface area contributed by atoms with Gasteiger partial charge in [-0.3, -0.25) is 4.79 Å². The number of hydrogen-bond donors (Lipinski definition) is 0. The minimum atomic E-state index is -0.310. The van der Waals surface area contributed by atoms with Crippen LogP contribution in [0.5, 0.6) is 0 Å². The molecule has 102 valence electrons. The van der Waals surface area contributed by atoms with Gasteiger partial charge in [0.15, 0.2) is 5.78 Å². The fraction of sp³-hybridized carbons (Fsp3) is 0.667. The number of hydrogen-bond acceptors (Lipinski definition) is 3. The zero-order chi connectivity index (χ0) is 13.8. The number of aryl methyl sites for hydroxylation is 1. The Labute approximate surface area is 114 Å². The van der Waals surface area contributed by atoms with Crippen molar-refractivity contribution in [3.05, 3.63) is 21.9 Å². The number of ether oxygens (including phenoxy) is 1. The van der Waals surface area contributed by atoms with Crippen molar-refractivity contribution < 1.29 is 9.53 Å². The Morgan fingerprint density at radius 1 is 1.28 bits per heavy atom. The number of carbonyl (C=O) groups is 1. The molecule has 1 aromatic heterocycles. The van der Waals surface area contributed by atoms with Crippen LogP contribution in [-0.4, -0.2) is 18.5 Å². The third-order valence-corrected chi connectivity index (χ3v) is 4.06. The Hall–Kier alpha value is -0.670. The van der Waals surface area contributed by atoms with Crippen LogP contribution in [0.2, 0.25) is 0 Å². The smallest absolute Gasteiger partial charge is 0.167 e. The van der Waals surface area contributed by atoms with Crippen LogP contribution in [-0.2, 0) is 22.4 Å². The van der Waals surface area contributed by atoms with Gasteiger partial charge in [-0.1, -0.05) is 27.7 Å². The van der Waals surface area contributed by atoms with Crippen molar-refractivity contribution in [3.8, 4) is 0 Å². The summed E-state index contributed by atoms with van der Waals surface area (Å²) in [6.45, 7) is 10.8. The van der Waals surface area contributed by atoms with Gasteiger partial charge in [0.25, 0.3) is 0 Å². The van der Waals surface area contributed by atoms with Gasteiger partial charge < -0.3 is 4.74 Å². The maximum Gasteiger partial charge on any atom is 0.167 e. The first-order valence-electron chi connectivity index (χ1n) is 6.60. The van der Waals surface area contributed by atoms with Crippen molar-refractivity contribution in [1.29, 1.82) is 0 Å². The van der Waals surface area contributed by atoms with E-state index >= 15 is 0 Å². The lowest BCUT2D eigenvalue weighted by Crippen LogP contribution is -2.38. The lowest BCUT2D eigenvalue weighted by atomic mass is 9.85. The van der Waals surface area contributed by atoms with Crippen molar-refractivity contribution in [3.63, 3.8) is 0 Å². The quantitative estimate of drug-likeness (QED) is 0.783. The molecule has 1 atom stereocenters. The van der Waals surface area contributed by atoms with Crippen LogP contribution in [0, 0.1) is 5.41 Å². The van der Waals surface area contributed by atoms with E-state index in [1.165, 1.54) is 4.88 Å². The molecule has 0 amide bonds. The van der Waals surface area contributed by atoms with E-state index in [1.807, 2.05) is 6.92 Å². The number of ketones is 1. The number of Topliss-reactive ketones (excluding diaryl/α,β-unsaturated/α-hetero) is 1. The minimum Gasteiger partial charge on any atom is -0.370 e. The van der Waals surface area contributed by atoms with Crippen LogP contribution in [0.25, 0.3) is 0 Å². The van der Waals surface area contributed by atoms with Crippen LogP contribution in [0.1, 0.15) is 44.4 Å². The first-order chi connectivity index (χ1) is 8.38. The molecule has 0 aliphatic heterocycles. The first-order valence-corrected chi connectivity index (χ1v) is 7.42. The lowest BCUT2D eigenvalue weighted by molar-refractivity contribution is -0.136. The van der Waals surface area contributed by atoms with Gasteiger partial charge in [0.2, 0.25) is 0 Å². The first kappa shape index (κ1) is 15.4. The monoisotopic (exact) mass is 268 g/mol. The van der Waals surface area contributed by atoms with Gasteiger partial charge in [0.05, 0.1) is 0 Å². The van der Waals surface area contributed by atoms with Crippen LogP contribution >= 0.6 is 11.3 Å². The Balaban J connectivity index is 2.72. The van der Waals surface area contributed by atoms with E-state index in [0.717, 1.165) is 11.3 Å². The number of rotatable bonds is 6. The molecule has 0 saturated carbocycles. The van der Waals surface area contributed by atoms with Crippen molar-refractivity contribution in [2.75, 3.05) is 6.61 Å². The molecule has 2 nitrogen and oxygen atoms in total. The summed E-state index contributed by atoms with van der Waals surface area (Å²) in [5.41, 5.74) is -0.141. The van der Waals surface area contributed by atoms with E-state index in [2.05, 4.69) is 39.8 Å². The third-order valence-electron chi connectivity index (χ3n) is 2.83. The molecule has 0 aliphatic carbocycles. The molecule has 0 bridgehead atoms. The van der Waals surface area contributed by atoms with E-state index in [-0.39, 0.29) is 17.3 Å². The minimum absolute atomic E-state index is 0.141. The van der Waals surface area contributed by atoms with Crippen molar-refractivity contribution >= 4 is 17.1 Å². The molecule has 1 unspecified atom stereocenters. The second-order valence-corrected chi connectivity index (χ2v) is 6.82. The summed E-state index contributed by atoms with van der Waals surface area (Å²) in [6.07, 6.45) is 1.22. The Kier molecular flexibility index (Phi) is 5.54.